The third kappa shape index (κ3) is 4.89. The summed E-state index contributed by atoms with van der Waals surface area (Å²) in [7, 11) is 1.56. The zero-order chi connectivity index (χ0) is 25.3. The van der Waals surface area contributed by atoms with Gasteiger partial charge in [-0.05, 0) is 76.4 Å². The highest BCUT2D eigenvalue weighted by molar-refractivity contribution is 9.13. The summed E-state index contributed by atoms with van der Waals surface area (Å²) in [6, 6.07) is 6.34. The maximum absolute atomic E-state index is 13.6. The van der Waals surface area contributed by atoms with Crippen LogP contribution in [0.4, 0.5) is 0 Å². The van der Waals surface area contributed by atoms with Crippen LogP contribution in [0.3, 0.4) is 0 Å². The lowest BCUT2D eigenvalue weighted by Crippen LogP contribution is -2.39. The molecule has 11 heteroatoms. The van der Waals surface area contributed by atoms with Crippen LogP contribution in [0.2, 0.25) is 0 Å². The molecule has 1 aliphatic heterocycles. The SMILES string of the molecule is CCOC(=O)C1=C(C)N=c2sc(=Cc3cc(Br)c(Br)o3)c(=O)n2[C@@H]1c1ccc(OC)c(OCC)c1. The standard InChI is InChI=1S/C24H22Br2N2O6S/c1-5-32-17-9-13(7-8-16(17)31-4)20-19(23(30)33-6-2)12(3)27-24-28(20)22(29)18(35-24)11-14-10-15(25)21(26)34-14/h7-11,20H,5-6H2,1-4H3/t20-/m1/s1. The molecule has 1 atom stereocenters. The molecule has 8 nitrogen and oxygen atoms in total. The van der Waals surface area contributed by atoms with E-state index in [1.807, 2.05) is 13.0 Å². The Bertz CT molecular complexity index is 1480. The van der Waals surface area contributed by atoms with Gasteiger partial charge in [0.15, 0.2) is 21.0 Å². The molecular formula is C24H22Br2N2O6S. The molecule has 0 bridgehead atoms. The monoisotopic (exact) mass is 624 g/mol. The van der Waals surface area contributed by atoms with E-state index >= 15 is 0 Å². The lowest BCUT2D eigenvalue weighted by atomic mass is 9.95. The summed E-state index contributed by atoms with van der Waals surface area (Å²) in [5.74, 6) is 1.03. The summed E-state index contributed by atoms with van der Waals surface area (Å²) >= 11 is 7.91. The second-order valence-electron chi connectivity index (χ2n) is 7.42. The quantitative estimate of drug-likeness (QED) is 0.363. The Morgan fingerprint density at radius 1 is 1.23 bits per heavy atom. The minimum Gasteiger partial charge on any atom is -0.493 e. The van der Waals surface area contributed by atoms with Crippen molar-refractivity contribution in [1.82, 2.24) is 4.57 Å². The van der Waals surface area contributed by atoms with Gasteiger partial charge in [0, 0.05) is 6.08 Å². The molecule has 4 rings (SSSR count). The van der Waals surface area contributed by atoms with Crippen molar-refractivity contribution in [1.29, 1.82) is 0 Å². The lowest BCUT2D eigenvalue weighted by Gasteiger charge is -2.25. The number of furan rings is 1. The van der Waals surface area contributed by atoms with E-state index in [2.05, 4.69) is 36.9 Å². The average Bonchev–Trinajstić information content (AvgIpc) is 3.30. The predicted octanol–water partition coefficient (Wildman–Crippen LogP) is 4.32. The van der Waals surface area contributed by atoms with E-state index in [0.717, 1.165) is 4.47 Å². The predicted molar refractivity (Wildman–Crippen MR) is 139 cm³/mol. The summed E-state index contributed by atoms with van der Waals surface area (Å²) in [6.45, 7) is 5.97. The first-order valence-electron chi connectivity index (χ1n) is 10.7. The first-order valence-corrected chi connectivity index (χ1v) is 13.1. The smallest absolute Gasteiger partial charge is 0.338 e. The topological polar surface area (TPSA) is 92.3 Å². The van der Waals surface area contributed by atoms with Crippen molar-refractivity contribution in [2.75, 3.05) is 20.3 Å². The molecule has 0 spiro atoms. The van der Waals surface area contributed by atoms with Gasteiger partial charge in [0.2, 0.25) is 0 Å². The van der Waals surface area contributed by atoms with Gasteiger partial charge in [0.25, 0.3) is 5.56 Å². The number of fused-ring (bicyclic) bond motifs is 1. The van der Waals surface area contributed by atoms with Crippen LogP contribution in [0, 0.1) is 0 Å². The fourth-order valence-electron chi connectivity index (χ4n) is 3.80. The maximum atomic E-state index is 13.6. The van der Waals surface area contributed by atoms with Crippen molar-refractivity contribution >= 4 is 55.2 Å². The zero-order valence-electron chi connectivity index (χ0n) is 19.4. The summed E-state index contributed by atoms with van der Waals surface area (Å²) in [5, 5.41) is 0. The van der Waals surface area contributed by atoms with Gasteiger partial charge >= 0.3 is 5.97 Å². The molecule has 2 aromatic heterocycles. The Kier molecular flexibility index (Phi) is 7.67. The number of ether oxygens (including phenoxy) is 3. The van der Waals surface area contributed by atoms with E-state index in [4.69, 9.17) is 18.6 Å². The Hall–Kier alpha value is -2.63. The highest BCUT2D eigenvalue weighted by Crippen LogP contribution is 2.36. The first-order chi connectivity index (χ1) is 16.8. The first kappa shape index (κ1) is 25.5. The van der Waals surface area contributed by atoms with E-state index in [0.29, 0.717) is 54.7 Å². The van der Waals surface area contributed by atoms with Crippen molar-refractivity contribution in [3.63, 3.8) is 0 Å². The third-order valence-electron chi connectivity index (χ3n) is 5.26. The van der Waals surface area contributed by atoms with Gasteiger partial charge in [-0.15, -0.1) is 0 Å². The number of carbonyl (C=O) groups is 1. The Morgan fingerprint density at radius 2 is 2.00 bits per heavy atom. The number of thiazole rings is 1. The molecule has 35 heavy (non-hydrogen) atoms. The molecule has 3 heterocycles. The molecule has 0 N–H and O–H groups in total. The molecule has 0 fully saturated rings. The van der Waals surface area contributed by atoms with Gasteiger partial charge in [-0.1, -0.05) is 17.4 Å². The van der Waals surface area contributed by atoms with Crippen LogP contribution >= 0.6 is 43.2 Å². The average molecular weight is 626 g/mol. The number of hydrogen-bond acceptors (Lipinski definition) is 8. The van der Waals surface area contributed by atoms with Crippen LogP contribution < -0.4 is 24.4 Å². The minimum absolute atomic E-state index is 0.196. The molecule has 0 unspecified atom stereocenters. The number of aromatic nitrogens is 1. The molecule has 184 valence electrons. The van der Waals surface area contributed by atoms with Gasteiger partial charge in [0.1, 0.15) is 5.76 Å². The van der Waals surface area contributed by atoms with E-state index in [1.54, 1.807) is 45.2 Å². The molecule has 1 aromatic carbocycles. The van der Waals surface area contributed by atoms with Gasteiger partial charge in [-0.2, -0.15) is 0 Å². The molecule has 0 radical (unpaired) electrons. The molecule has 0 aliphatic carbocycles. The highest BCUT2D eigenvalue weighted by atomic mass is 79.9. The van der Waals surface area contributed by atoms with E-state index in [9.17, 15) is 9.59 Å². The van der Waals surface area contributed by atoms with Crippen LogP contribution in [-0.2, 0) is 9.53 Å². The van der Waals surface area contributed by atoms with Gasteiger partial charge in [-0.25, -0.2) is 9.79 Å². The normalized spacial score (nSPS) is 15.6. The number of methoxy groups -OCH3 is 1. The van der Waals surface area contributed by atoms with Gasteiger partial charge in [0.05, 0.1) is 46.6 Å². The van der Waals surface area contributed by atoms with Crippen LogP contribution in [-0.4, -0.2) is 30.9 Å². The van der Waals surface area contributed by atoms with E-state index in [1.165, 1.54) is 15.9 Å². The third-order valence-corrected chi connectivity index (χ3v) is 7.95. The van der Waals surface area contributed by atoms with Gasteiger partial charge in [-0.3, -0.25) is 9.36 Å². The molecule has 0 saturated heterocycles. The Balaban J connectivity index is 1.96. The number of carbonyl (C=O) groups excluding carboxylic acids is 1. The van der Waals surface area contributed by atoms with E-state index in [-0.39, 0.29) is 12.2 Å². The molecule has 0 saturated carbocycles. The molecule has 3 aromatic rings. The summed E-state index contributed by atoms with van der Waals surface area (Å²) in [5.41, 5.74) is 1.15. The number of halogens is 2. The van der Waals surface area contributed by atoms with Crippen LogP contribution in [0.5, 0.6) is 11.5 Å². The number of allylic oxidation sites excluding steroid dienone is 1. The van der Waals surface area contributed by atoms with Gasteiger partial charge < -0.3 is 18.6 Å². The number of hydrogen-bond donors (Lipinski definition) is 0. The van der Waals surface area contributed by atoms with Crippen molar-refractivity contribution in [2.24, 2.45) is 4.99 Å². The van der Waals surface area contributed by atoms with E-state index < -0.39 is 12.0 Å². The summed E-state index contributed by atoms with van der Waals surface area (Å²) in [4.78, 5) is 31.7. The fourth-order valence-corrected chi connectivity index (χ4v) is 5.44. The number of nitrogens with zero attached hydrogens (tertiary/aromatic N) is 2. The van der Waals surface area contributed by atoms with Crippen molar-refractivity contribution in [3.8, 4) is 11.5 Å². The molecule has 1 aliphatic rings. The van der Waals surface area contributed by atoms with Crippen molar-refractivity contribution < 1.29 is 23.4 Å². The van der Waals surface area contributed by atoms with Crippen molar-refractivity contribution in [3.05, 3.63) is 75.7 Å². The maximum Gasteiger partial charge on any atom is 0.338 e. The Morgan fingerprint density at radius 3 is 2.63 bits per heavy atom. The van der Waals surface area contributed by atoms with Crippen LogP contribution in [0.1, 0.15) is 38.1 Å². The van der Waals surface area contributed by atoms with Crippen LogP contribution in [0.25, 0.3) is 6.08 Å². The Labute approximate surface area is 221 Å². The number of benzene rings is 1. The number of esters is 1. The largest absolute Gasteiger partial charge is 0.493 e. The highest BCUT2D eigenvalue weighted by Gasteiger charge is 2.34. The summed E-state index contributed by atoms with van der Waals surface area (Å²) in [6.07, 6.45) is 1.65. The van der Waals surface area contributed by atoms with Crippen molar-refractivity contribution in [2.45, 2.75) is 26.8 Å². The number of rotatable bonds is 7. The second kappa shape index (κ2) is 10.5. The fraction of sp³-hybridized carbons (Fsp3) is 0.292. The van der Waals surface area contributed by atoms with Crippen LogP contribution in [0.15, 0.2) is 58.9 Å². The molecule has 0 amide bonds. The lowest BCUT2D eigenvalue weighted by molar-refractivity contribution is -0.139. The second-order valence-corrected chi connectivity index (χ2v) is 10.00. The minimum atomic E-state index is -0.757. The molecular weight excluding hydrogens is 604 g/mol. The zero-order valence-corrected chi connectivity index (χ0v) is 23.4. The summed E-state index contributed by atoms with van der Waals surface area (Å²) < 4.78 is 25.3.